The number of carbonyl (C=O) groups is 3. The molecule has 2 heterocycles. The van der Waals surface area contributed by atoms with Gasteiger partial charge in [-0.15, -0.1) is 0 Å². The van der Waals surface area contributed by atoms with Gasteiger partial charge in [-0.1, -0.05) is 30.3 Å². The van der Waals surface area contributed by atoms with Gasteiger partial charge in [0.2, 0.25) is 0 Å². The standard InChI is InChI=1S/C26H17NO6/c1-15-9-10-19-17(13-23(28)33-22(19)11-15)14-32-26(31)16-5-4-6-18(12-16)27-24(29)20-7-2-3-8-21(20)25(27)30/h2-13H,14H2,1H3. The summed E-state index contributed by atoms with van der Waals surface area (Å²) in [7, 11) is 0. The first-order valence-electron chi connectivity index (χ1n) is 10.2. The molecular formula is C26H17NO6. The van der Waals surface area contributed by atoms with Crippen molar-refractivity contribution in [3.05, 3.63) is 111 Å². The van der Waals surface area contributed by atoms with Crippen LogP contribution in [0.5, 0.6) is 0 Å². The van der Waals surface area contributed by atoms with Crippen molar-refractivity contribution < 1.29 is 23.5 Å². The molecule has 0 saturated carbocycles. The predicted octanol–water partition coefficient (Wildman–Crippen LogP) is 4.26. The maximum absolute atomic E-state index is 12.7. The van der Waals surface area contributed by atoms with Crippen LogP contribution in [0.3, 0.4) is 0 Å². The molecule has 2 amide bonds. The Morgan fingerprint density at radius 3 is 2.33 bits per heavy atom. The highest BCUT2D eigenvalue weighted by molar-refractivity contribution is 6.34. The zero-order valence-corrected chi connectivity index (χ0v) is 17.5. The molecule has 0 spiro atoms. The van der Waals surface area contributed by atoms with Crippen LogP contribution in [0.25, 0.3) is 11.0 Å². The topological polar surface area (TPSA) is 93.9 Å². The first kappa shape index (κ1) is 20.4. The van der Waals surface area contributed by atoms with Crippen molar-refractivity contribution in [1.29, 1.82) is 0 Å². The molecule has 0 aliphatic carbocycles. The molecule has 0 radical (unpaired) electrons. The summed E-state index contributed by atoms with van der Waals surface area (Å²) in [6, 6.07) is 19.4. The number of rotatable bonds is 4. The lowest BCUT2D eigenvalue weighted by atomic mass is 10.1. The number of anilines is 1. The van der Waals surface area contributed by atoms with Gasteiger partial charge in [0.1, 0.15) is 12.2 Å². The fourth-order valence-corrected chi connectivity index (χ4v) is 3.88. The number of aryl methyl sites for hydroxylation is 1. The number of amides is 2. The maximum atomic E-state index is 12.7. The summed E-state index contributed by atoms with van der Waals surface area (Å²) in [6.07, 6.45) is 0. The summed E-state index contributed by atoms with van der Waals surface area (Å²) < 4.78 is 10.7. The number of fused-ring (bicyclic) bond motifs is 2. The van der Waals surface area contributed by atoms with Crippen LogP contribution in [0.2, 0.25) is 0 Å². The van der Waals surface area contributed by atoms with Gasteiger partial charge in [0.05, 0.1) is 22.4 Å². The molecule has 0 N–H and O–H groups in total. The van der Waals surface area contributed by atoms with Crippen molar-refractivity contribution in [2.45, 2.75) is 13.5 Å². The van der Waals surface area contributed by atoms with E-state index in [1.54, 1.807) is 48.5 Å². The number of esters is 1. The SMILES string of the molecule is Cc1ccc2c(COC(=O)c3cccc(N4C(=O)c5ccccc5C4=O)c3)cc(=O)oc2c1. The first-order valence-corrected chi connectivity index (χ1v) is 10.2. The lowest BCUT2D eigenvalue weighted by Crippen LogP contribution is -2.29. The molecule has 5 rings (SSSR count). The number of nitrogens with zero attached hydrogens (tertiary/aromatic N) is 1. The second-order valence-electron chi connectivity index (χ2n) is 7.71. The van der Waals surface area contributed by atoms with Crippen LogP contribution in [0, 0.1) is 6.92 Å². The van der Waals surface area contributed by atoms with Crippen molar-refractivity contribution in [3.63, 3.8) is 0 Å². The molecule has 33 heavy (non-hydrogen) atoms. The molecule has 0 saturated heterocycles. The van der Waals surface area contributed by atoms with Crippen LogP contribution in [-0.4, -0.2) is 17.8 Å². The van der Waals surface area contributed by atoms with Gasteiger partial charge in [-0.05, 0) is 48.9 Å². The van der Waals surface area contributed by atoms with Gasteiger partial charge in [0.25, 0.3) is 11.8 Å². The van der Waals surface area contributed by atoms with Crippen LogP contribution in [0.15, 0.2) is 82.0 Å². The van der Waals surface area contributed by atoms with Crippen molar-refractivity contribution in [2.75, 3.05) is 4.90 Å². The van der Waals surface area contributed by atoms with E-state index in [0.717, 1.165) is 10.5 Å². The molecule has 1 aliphatic rings. The Morgan fingerprint density at radius 2 is 1.61 bits per heavy atom. The van der Waals surface area contributed by atoms with Gasteiger partial charge >= 0.3 is 11.6 Å². The minimum Gasteiger partial charge on any atom is -0.457 e. The third kappa shape index (κ3) is 3.59. The molecule has 0 unspecified atom stereocenters. The van der Waals surface area contributed by atoms with Crippen molar-refractivity contribution in [3.8, 4) is 0 Å². The minimum atomic E-state index is -0.651. The second kappa shape index (κ2) is 7.87. The van der Waals surface area contributed by atoms with Crippen LogP contribution >= 0.6 is 0 Å². The highest BCUT2D eigenvalue weighted by Crippen LogP contribution is 2.29. The van der Waals surface area contributed by atoms with Crippen molar-refractivity contribution in [1.82, 2.24) is 0 Å². The lowest BCUT2D eigenvalue weighted by molar-refractivity contribution is 0.0473. The van der Waals surface area contributed by atoms with Crippen molar-refractivity contribution >= 4 is 34.4 Å². The highest BCUT2D eigenvalue weighted by atomic mass is 16.5. The quantitative estimate of drug-likeness (QED) is 0.268. The third-order valence-electron chi connectivity index (χ3n) is 5.48. The van der Waals surface area contributed by atoms with Gasteiger partial charge in [0.15, 0.2) is 0 Å². The molecule has 0 fully saturated rings. The van der Waals surface area contributed by atoms with E-state index in [9.17, 15) is 19.2 Å². The zero-order chi connectivity index (χ0) is 23.1. The Balaban J connectivity index is 1.39. The van der Waals surface area contributed by atoms with Gasteiger partial charge in [0, 0.05) is 17.0 Å². The molecule has 4 aromatic rings. The summed E-state index contributed by atoms with van der Waals surface area (Å²) in [5.41, 5.74) is 2.42. The summed E-state index contributed by atoms with van der Waals surface area (Å²) in [5.74, 6) is -1.54. The monoisotopic (exact) mass is 439 g/mol. The summed E-state index contributed by atoms with van der Waals surface area (Å²) in [6.45, 7) is 1.74. The molecule has 3 aromatic carbocycles. The second-order valence-corrected chi connectivity index (χ2v) is 7.71. The van der Waals surface area contributed by atoms with E-state index in [2.05, 4.69) is 0 Å². The molecule has 1 aliphatic heterocycles. The minimum absolute atomic E-state index is 0.138. The average Bonchev–Trinajstić information content (AvgIpc) is 3.07. The molecule has 7 nitrogen and oxygen atoms in total. The Bertz CT molecular complexity index is 1480. The number of hydrogen-bond donors (Lipinski definition) is 0. The normalized spacial score (nSPS) is 12.8. The van der Waals surface area contributed by atoms with Crippen molar-refractivity contribution in [2.24, 2.45) is 0 Å². The molecule has 1 aromatic heterocycles. The van der Waals surface area contributed by atoms with Gasteiger partial charge in [-0.3, -0.25) is 9.59 Å². The van der Waals surface area contributed by atoms with Crippen LogP contribution < -0.4 is 10.5 Å². The Labute approximate surface area is 187 Å². The Kier molecular flexibility index (Phi) is 4.86. The number of ether oxygens (including phenoxy) is 1. The Hall–Kier alpha value is -4.52. The van der Waals surface area contributed by atoms with Crippen LogP contribution in [-0.2, 0) is 11.3 Å². The summed E-state index contributed by atoms with van der Waals surface area (Å²) in [4.78, 5) is 51.1. The molecular weight excluding hydrogens is 422 g/mol. The fourth-order valence-electron chi connectivity index (χ4n) is 3.88. The van der Waals surface area contributed by atoms with Crippen LogP contribution in [0.4, 0.5) is 5.69 Å². The Morgan fingerprint density at radius 1 is 0.879 bits per heavy atom. The largest absolute Gasteiger partial charge is 0.457 e. The van der Waals surface area contributed by atoms with E-state index in [1.165, 1.54) is 18.2 Å². The van der Waals surface area contributed by atoms with E-state index < -0.39 is 23.4 Å². The summed E-state index contributed by atoms with van der Waals surface area (Å²) in [5, 5.41) is 0.674. The number of hydrogen-bond acceptors (Lipinski definition) is 6. The first-order chi connectivity index (χ1) is 15.9. The molecule has 7 heteroatoms. The van der Waals surface area contributed by atoms with Crippen LogP contribution in [0.1, 0.15) is 42.2 Å². The summed E-state index contributed by atoms with van der Waals surface area (Å²) >= 11 is 0. The number of carbonyl (C=O) groups excluding carboxylic acids is 3. The van der Waals surface area contributed by atoms with Gasteiger partial charge < -0.3 is 9.15 Å². The molecule has 162 valence electrons. The zero-order valence-electron chi connectivity index (χ0n) is 17.5. The highest BCUT2D eigenvalue weighted by Gasteiger charge is 2.36. The number of benzene rings is 3. The lowest BCUT2D eigenvalue weighted by Gasteiger charge is -2.15. The maximum Gasteiger partial charge on any atom is 0.338 e. The molecule has 0 atom stereocenters. The molecule has 0 bridgehead atoms. The van der Waals surface area contributed by atoms with E-state index in [-0.39, 0.29) is 17.9 Å². The predicted molar refractivity (Wildman–Crippen MR) is 120 cm³/mol. The smallest absolute Gasteiger partial charge is 0.338 e. The average molecular weight is 439 g/mol. The van der Waals surface area contributed by atoms with Gasteiger partial charge in [-0.2, -0.15) is 0 Å². The van der Waals surface area contributed by atoms with E-state index in [4.69, 9.17) is 9.15 Å². The van der Waals surface area contributed by atoms with E-state index in [1.807, 2.05) is 13.0 Å². The van der Waals surface area contributed by atoms with E-state index >= 15 is 0 Å². The third-order valence-corrected chi connectivity index (χ3v) is 5.48. The number of imide groups is 1. The van der Waals surface area contributed by atoms with Gasteiger partial charge in [-0.25, -0.2) is 14.5 Å². The van der Waals surface area contributed by atoms with E-state index in [0.29, 0.717) is 27.7 Å². The fraction of sp³-hybridized carbons (Fsp3) is 0.0769.